The van der Waals surface area contributed by atoms with Crippen LogP contribution in [-0.4, -0.2) is 39.7 Å². The van der Waals surface area contributed by atoms with E-state index in [4.69, 9.17) is 0 Å². The molecular weight excluding hydrogens is 200 g/mol. The van der Waals surface area contributed by atoms with Gasteiger partial charge < -0.3 is 15.3 Å². The molecule has 6 heteroatoms. The molecule has 0 aromatic heterocycles. The second-order valence-electron chi connectivity index (χ2n) is 3.72. The zero-order valence-electron chi connectivity index (χ0n) is 9.18. The van der Waals surface area contributed by atoms with E-state index in [1.807, 2.05) is 0 Å². The van der Waals surface area contributed by atoms with Crippen molar-refractivity contribution in [2.45, 2.75) is 50.9 Å². The first-order chi connectivity index (χ1) is 7.00. The SMILES string of the molecule is CCC(O)CC(O)(CNN=O)C(O)CC. The summed E-state index contributed by atoms with van der Waals surface area (Å²) in [5.74, 6) is 0. The fourth-order valence-electron chi connectivity index (χ4n) is 1.43. The summed E-state index contributed by atoms with van der Waals surface area (Å²) in [5, 5.41) is 31.5. The van der Waals surface area contributed by atoms with Gasteiger partial charge in [-0.1, -0.05) is 13.8 Å². The second-order valence-corrected chi connectivity index (χ2v) is 3.72. The molecule has 0 saturated heterocycles. The van der Waals surface area contributed by atoms with Gasteiger partial charge in [0.05, 0.1) is 18.8 Å². The van der Waals surface area contributed by atoms with Crippen molar-refractivity contribution in [2.24, 2.45) is 5.29 Å². The highest BCUT2D eigenvalue weighted by atomic mass is 16.3. The predicted octanol–water partition coefficient (Wildman–Crippen LogP) is -0.0796. The Morgan fingerprint density at radius 2 is 1.93 bits per heavy atom. The number of rotatable bonds is 8. The molecule has 0 aromatic rings. The van der Waals surface area contributed by atoms with E-state index in [1.165, 1.54) is 0 Å². The first-order valence-corrected chi connectivity index (χ1v) is 5.13. The lowest BCUT2D eigenvalue weighted by Gasteiger charge is -2.33. The first-order valence-electron chi connectivity index (χ1n) is 5.13. The third-order valence-corrected chi connectivity index (χ3v) is 2.52. The summed E-state index contributed by atoms with van der Waals surface area (Å²) in [5.41, 5.74) is 0.566. The molecule has 90 valence electrons. The minimum absolute atomic E-state index is 0.0149. The van der Waals surface area contributed by atoms with E-state index in [0.29, 0.717) is 12.8 Å². The van der Waals surface area contributed by atoms with Crippen LogP contribution in [0.4, 0.5) is 0 Å². The van der Waals surface area contributed by atoms with Crippen LogP contribution in [0.1, 0.15) is 33.1 Å². The molecular formula is C9H20N2O4. The lowest BCUT2D eigenvalue weighted by atomic mass is 9.88. The third-order valence-electron chi connectivity index (χ3n) is 2.52. The van der Waals surface area contributed by atoms with Crippen LogP contribution in [-0.2, 0) is 0 Å². The number of hydrogen-bond acceptors (Lipinski definition) is 5. The monoisotopic (exact) mass is 220 g/mol. The molecule has 0 saturated carbocycles. The average molecular weight is 220 g/mol. The van der Waals surface area contributed by atoms with Crippen molar-refractivity contribution >= 4 is 0 Å². The lowest BCUT2D eigenvalue weighted by Crippen LogP contribution is -2.51. The molecule has 0 spiro atoms. The Labute approximate surface area is 89.3 Å². The molecule has 0 bridgehead atoms. The van der Waals surface area contributed by atoms with Gasteiger partial charge in [-0.2, -0.15) is 0 Å². The summed E-state index contributed by atoms with van der Waals surface area (Å²) in [4.78, 5) is 9.90. The number of aliphatic hydroxyl groups excluding tert-OH is 2. The highest BCUT2D eigenvalue weighted by molar-refractivity contribution is 4.89. The Morgan fingerprint density at radius 3 is 2.33 bits per heavy atom. The summed E-state index contributed by atoms with van der Waals surface area (Å²) in [7, 11) is 0. The summed E-state index contributed by atoms with van der Waals surface area (Å²) in [6, 6.07) is 0. The molecule has 0 aliphatic carbocycles. The Kier molecular flexibility index (Phi) is 6.38. The van der Waals surface area contributed by atoms with Crippen LogP contribution in [0.15, 0.2) is 5.29 Å². The average Bonchev–Trinajstić information content (AvgIpc) is 2.24. The van der Waals surface area contributed by atoms with Crippen LogP contribution in [0.5, 0.6) is 0 Å². The molecule has 0 heterocycles. The minimum Gasteiger partial charge on any atom is -0.393 e. The van der Waals surface area contributed by atoms with Gasteiger partial charge in [0.1, 0.15) is 5.60 Å². The number of nitrogens with one attached hydrogen (secondary N) is 1. The van der Waals surface area contributed by atoms with E-state index in [1.54, 1.807) is 13.8 Å². The fraction of sp³-hybridized carbons (Fsp3) is 1.00. The fourth-order valence-corrected chi connectivity index (χ4v) is 1.43. The van der Waals surface area contributed by atoms with Crippen LogP contribution in [0.3, 0.4) is 0 Å². The van der Waals surface area contributed by atoms with Crippen LogP contribution >= 0.6 is 0 Å². The number of nitroso groups, excluding NO2 is 1. The maximum absolute atomic E-state index is 10.0. The topological polar surface area (TPSA) is 102 Å². The molecule has 6 nitrogen and oxygen atoms in total. The highest BCUT2D eigenvalue weighted by Gasteiger charge is 2.36. The first kappa shape index (κ1) is 14.3. The van der Waals surface area contributed by atoms with Gasteiger partial charge in [0.25, 0.3) is 0 Å². The standard InChI is InChI=1S/C9H20N2O4/c1-3-7(12)5-9(14,6-10-11-15)8(13)4-2/h7-8,12-14H,3-6H2,1-2H3,(H,10,15). The van der Waals surface area contributed by atoms with E-state index >= 15 is 0 Å². The normalized spacial score (nSPS) is 19.0. The van der Waals surface area contributed by atoms with Crippen molar-refractivity contribution in [2.75, 3.05) is 6.54 Å². The molecule has 4 N–H and O–H groups in total. The molecule has 0 aromatic carbocycles. The molecule has 0 aliphatic rings. The summed E-state index contributed by atoms with van der Waals surface area (Å²) in [6.07, 6.45) is -0.862. The third kappa shape index (κ3) is 4.55. The largest absolute Gasteiger partial charge is 0.393 e. The van der Waals surface area contributed by atoms with Gasteiger partial charge in [-0.25, -0.2) is 0 Å². The Bertz CT molecular complexity index is 191. The van der Waals surface area contributed by atoms with Crippen LogP contribution < -0.4 is 5.43 Å². The maximum Gasteiger partial charge on any atom is 0.112 e. The molecule has 0 amide bonds. The van der Waals surface area contributed by atoms with Gasteiger partial charge in [0.2, 0.25) is 0 Å². The quantitative estimate of drug-likeness (QED) is 0.338. The van der Waals surface area contributed by atoms with Crippen molar-refractivity contribution in [3.63, 3.8) is 0 Å². The lowest BCUT2D eigenvalue weighted by molar-refractivity contribution is -0.0989. The Balaban J connectivity index is 4.45. The number of hydrogen-bond donors (Lipinski definition) is 4. The summed E-state index contributed by atoms with van der Waals surface area (Å²) < 4.78 is 0. The van der Waals surface area contributed by atoms with Gasteiger partial charge in [-0.15, -0.1) is 4.91 Å². The van der Waals surface area contributed by atoms with Crippen LogP contribution in [0.2, 0.25) is 0 Å². The van der Waals surface area contributed by atoms with Crippen molar-refractivity contribution in [3.8, 4) is 0 Å². The van der Waals surface area contributed by atoms with Crippen LogP contribution in [0.25, 0.3) is 0 Å². The van der Waals surface area contributed by atoms with Gasteiger partial charge in [0, 0.05) is 11.7 Å². The molecule has 3 unspecified atom stereocenters. The summed E-state index contributed by atoms with van der Waals surface area (Å²) in [6.45, 7) is 3.32. The zero-order valence-corrected chi connectivity index (χ0v) is 9.18. The number of nitrogens with zero attached hydrogens (tertiary/aromatic N) is 1. The van der Waals surface area contributed by atoms with E-state index in [-0.39, 0.29) is 13.0 Å². The number of aliphatic hydroxyl groups is 3. The predicted molar refractivity (Wildman–Crippen MR) is 56.0 cm³/mol. The van der Waals surface area contributed by atoms with Crippen LogP contribution in [0, 0.1) is 4.91 Å². The Morgan fingerprint density at radius 1 is 1.33 bits per heavy atom. The molecule has 0 rings (SSSR count). The van der Waals surface area contributed by atoms with Gasteiger partial charge in [0.15, 0.2) is 0 Å². The highest BCUT2D eigenvalue weighted by Crippen LogP contribution is 2.20. The van der Waals surface area contributed by atoms with Crippen molar-refractivity contribution in [1.82, 2.24) is 5.43 Å². The Hall–Kier alpha value is -0.720. The maximum atomic E-state index is 10.0. The molecule has 3 atom stereocenters. The van der Waals surface area contributed by atoms with Gasteiger partial charge in [-0.05, 0) is 12.8 Å². The molecule has 15 heavy (non-hydrogen) atoms. The van der Waals surface area contributed by atoms with Crippen molar-refractivity contribution in [1.29, 1.82) is 0 Å². The smallest absolute Gasteiger partial charge is 0.112 e. The van der Waals surface area contributed by atoms with Gasteiger partial charge >= 0.3 is 0 Å². The van der Waals surface area contributed by atoms with E-state index in [9.17, 15) is 20.2 Å². The molecule has 0 aliphatic heterocycles. The van der Waals surface area contributed by atoms with Crippen molar-refractivity contribution in [3.05, 3.63) is 4.91 Å². The molecule has 0 fully saturated rings. The zero-order chi connectivity index (χ0) is 11.9. The minimum atomic E-state index is -1.52. The van der Waals surface area contributed by atoms with Gasteiger partial charge in [-0.3, -0.25) is 5.43 Å². The molecule has 0 radical (unpaired) electrons. The van der Waals surface area contributed by atoms with E-state index in [0.717, 1.165) is 0 Å². The van der Waals surface area contributed by atoms with E-state index < -0.39 is 17.8 Å². The van der Waals surface area contributed by atoms with E-state index in [2.05, 4.69) is 10.7 Å². The van der Waals surface area contributed by atoms with Crippen molar-refractivity contribution < 1.29 is 15.3 Å². The summed E-state index contributed by atoms with van der Waals surface area (Å²) >= 11 is 0. The second kappa shape index (κ2) is 6.71.